The van der Waals surface area contributed by atoms with Crippen LogP contribution in [0.4, 0.5) is 0 Å². The Kier molecular flexibility index (Phi) is 3.78. The van der Waals surface area contributed by atoms with Gasteiger partial charge in [-0.15, -0.1) is 15.3 Å². The lowest BCUT2D eigenvalue weighted by Gasteiger charge is -2.31. The molecule has 0 bridgehead atoms. The van der Waals surface area contributed by atoms with E-state index in [-0.39, 0.29) is 5.91 Å². The van der Waals surface area contributed by atoms with Crippen molar-refractivity contribution in [3.05, 3.63) is 47.2 Å². The Morgan fingerprint density at radius 1 is 1.22 bits per heavy atom. The topological polar surface area (TPSA) is 63.4 Å². The van der Waals surface area contributed by atoms with Crippen LogP contribution in [-0.2, 0) is 6.42 Å². The standard InChI is InChI=1S/C16H17N5OS/c22-15(14-19-21-11-17-18-16(21)23-14)20-8-6-13(7-9-20)10-12-4-2-1-3-5-12/h1-5,11,13H,6-10H2. The van der Waals surface area contributed by atoms with E-state index in [9.17, 15) is 4.79 Å². The highest BCUT2D eigenvalue weighted by atomic mass is 32.1. The van der Waals surface area contributed by atoms with Crippen LogP contribution in [0, 0.1) is 5.92 Å². The van der Waals surface area contributed by atoms with Crippen molar-refractivity contribution in [2.45, 2.75) is 19.3 Å². The molecule has 4 rings (SSSR count). The number of likely N-dealkylation sites (tertiary alicyclic amines) is 1. The number of piperidine rings is 1. The molecule has 1 amide bonds. The van der Waals surface area contributed by atoms with Crippen LogP contribution in [0.2, 0.25) is 0 Å². The highest BCUT2D eigenvalue weighted by Gasteiger charge is 2.26. The van der Waals surface area contributed by atoms with Gasteiger partial charge in [-0.3, -0.25) is 4.79 Å². The third-order valence-corrected chi connectivity index (χ3v) is 5.24. The molecule has 1 saturated heterocycles. The summed E-state index contributed by atoms with van der Waals surface area (Å²) in [6.07, 6.45) is 4.71. The number of carbonyl (C=O) groups excluding carboxylic acids is 1. The molecule has 6 nitrogen and oxygen atoms in total. The number of hydrogen-bond donors (Lipinski definition) is 0. The Balaban J connectivity index is 1.37. The highest BCUT2D eigenvalue weighted by Crippen LogP contribution is 2.23. The van der Waals surface area contributed by atoms with Crippen molar-refractivity contribution in [3.8, 4) is 0 Å². The zero-order valence-electron chi connectivity index (χ0n) is 12.6. The number of amides is 1. The summed E-state index contributed by atoms with van der Waals surface area (Å²) in [6.45, 7) is 1.60. The predicted octanol–water partition coefficient (Wildman–Crippen LogP) is 2.28. The summed E-state index contributed by atoms with van der Waals surface area (Å²) in [7, 11) is 0. The van der Waals surface area contributed by atoms with Gasteiger partial charge in [0.1, 0.15) is 6.33 Å². The minimum atomic E-state index is 0.0126. The quantitative estimate of drug-likeness (QED) is 0.740. The van der Waals surface area contributed by atoms with Crippen molar-refractivity contribution >= 4 is 22.2 Å². The minimum absolute atomic E-state index is 0.0126. The first-order valence-corrected chi connectivity index (χ1v) is 8.61. The fraction of sp³-hybridized carbons (Fsp3) is 0.375. The van der Waals surface area contributed by atoms with Crippen molar-refractivity contribution in [2.24, 2.45) is 5.92 Å². The van der Waals surface area contributed by atoms with E-state index in [1.165, 1.54) is 23.2 Å². The van der Waals surface area contributed by atoms with Gasteiger partial charge < -0.3 is 4.90 Å². The second-order valence-corrected chi connectivity index (χ2v) is 6.85. The van der Waals surface area contributed by atoms with E-state index in [2.05, 4.69) is 39.6 Å². The average molecular weight is 327 g/mol. The molecule has 1 aliphatic rings. The van der Waals surface area contributed by atoms with Gasteiger partial charge in [-0.1, -0.05) is 41.7 Å². The van der Waals surface area contributed by atoms with Gasteiger partial charge in [0, 0.05) is 13.1 Å². The number of hydrogen-bond acceptors (Lipinski definition) is 5. The van der Waals surface area contributed by atoms with Crippen LogP contribution < -0.4 is 0 Å². The Hall–Kier alpha value is -2.28. The molecular formula is C16H17N5OS. The summed E-state index contributed by atoms with van der Waals surface area (Å²) in [5.74, 6) is 0.665. The molecule has 0 spiro atoms. The monoisotopic (exact) mass is 327 g/mol. The molecule has 0 radical (unpaired) electrons. The molecule has 3 heterocycles. The lowest BCUT2D eigenvalue weighted by atomic mass is 9.90. The molecule has 7 heteroatoms. The van der Waals surface area contributed by atoms with Crippen molar-refractivity contribution in [1.82, 2.24) is 24.7 Å². The first-order valence-electron chi connectivity index (χ1n) is 7.79. The molecule has 1 aromatic carbocycles. The summed E-state index contributed by atoms with van der Waals surface area (Å²) in [5, 5.41) is 12.4. The van der Waals surface area contributed by atoms with Crippen LogP contribution in [-0.4, -0.2) is 43.7 Å². The van der Waals surface area contributed by atoms with Gasteiger partial charge in [-0.25, -0.2) is 0 Å². The number of benzene rings is 1. The third-order valence-electron chi connectivity index (χ3n) is 4.34. The van der Waals surface area contributed by atoms with Crippen LogP contribution in [0.25, 0.3) is 4.96 Å². The van der Waals surface area contributed by atoms with Gasteiger partial charge in [0.15, 0.2) is 0 Å². The zero-order chi connectivity index (χ0) is 15.6. The lowest BCUT2D eigenvalue weighted by molar-refractivity contribution is 0.0689. The van der Waals surface area contributed by atoms with Gasteiger partial charge in [0.2, 0.25) is 9.97 Å². The molecule has 0 N–H and O–H groups in total. The van der Waals surface area contributed by atoms with E-state index in [4.69, 9.17) is 0 Å². The van der Waals surface area contributed by atoms with E-state index in [1.54, 1.807) is 4.52 Å². The highest BCUT2D eigenvalue weighted by molar-refractivity contribution is 7.18. The van der Waals surface area contributed by atoms with Crippen molar-refractivity contribution in [3.63, 3.8) is 0 Å². The second kappa shape index (κ2) is 6.08. The van der Waals surface area contributed by atoms with E-state index in [1.807, 2.05) is 11.0 Å². The molecule has 3 aromatic rings. The predicted molar refractivity (Wildman–Crippen MR) is 87.4 cm³/mol. The van der Waals surface area contributed by atoms with Crippen molar-refractivity contribution < 1.29 is 4.79 Å². The summed E-state index contributed by atoms with van der Waals surface area (Å²) < 4.78 is 1.56. The maximum absolute atomic E-state index is 12.5. The van der Waals surface area contributed by atoms with Gasteiger partial charge in [0.05, 0.1) is 0 Å². The molecule has 0 atom stereocenters. The zero-order valence-corrected chi connectivity index (χ0v) is 13.4. The minimum Gasteiger partial charge on any atom is -0.337 e. The maximum atomic E-state index is 12.5. The third kappa shape index (κ3) is 2.96. The van der Waals surface area contributed by atoms with Crippen molar-refractivity contribution in [1.29, 1.82) is 0 Å². The Labute approximate surface area is 137 Å². The van der Waals surface area contributed by atoms with Gasteiger partial charge in [-0.05, 0) is 30.7 Å². The van der Waals surface area contributed by atoms with E-state index in [0.717, 1.165) is 32.4 Å². The summed E-state index contributed by atoms with van der Waals surface area (Å²) in [6, 6.07) is 10.6. The number of carbonyl (C=O) groups is 1. The van der Waals surface area contributed by atoms with Gasteiger partial charge >= 0.3 is 0 Å². The van der Waals surface area contributed by atoms with Crippen LogP contribution in [0.15, 0.2) is 36.7 Å². The molecule has 118 valence electrons. The van der Waals surface area contributed by atoms with Crippen molar-refractivity contribution in [2.75, 3.05) is 13.1 Å². The fourth-order valence-electron chi connectivity index (χ4n) is 3.07. The van der Waals surface area contributed by atoms with Gasteiger partial charge in [0.25, 0.3) is 5.91 Å². The smallest absolute Gasteiger partial charge is 0.284 e. The number of fused-ring (bicyclic) bond motifs is 1. The molecule has 0 saturated carbocycles. The number of nitrogens with zero attached hydrogens (tertiary/aromatic N) is 5. The van der Waals surface area contributed by atoms with Crippen LogP contribution >= 0.6 is 11.3 Å². The summed E-state index contributed by atoms with van der Waals surface area (Å²) in [4.78, 5) is 15.1. The summed E-state index contributed by atoms with van der Waals surface area (Å²) in [5.41, 5.74) is 1.38. The second-order valence-electron chi connectivity index (χ2n) is 5.89. The van der Waals surface area contributed by atoms with Crippen LogP contribution in [0.5, 0.6) is 0 Å². The van der Waals surface area contributed by atoms with Crippen LogP contribution in [0.1, 0.15) is 28.2 Å². The maximum Gasteiger partial charge on any atom is 0.284 e. The Morgan fingerprint density at radius 3 is 2.74 bits per heavy atom. The Bertz CT molecular complexity index is 776. The molecule has 0 unspecified atom stereocenters. The SMILES string of the molecule is O=C(c1nn2cnnc2s1)N1CCC(Cc2ccccc2)CC1. The van der Waals surface area contributed by atoms with Gasteiger partial charge in [-0.2, -0.15) is 4.52 Å². The van der Waals surface area contributed by atoms with Crippen LogP contribution in [0.3, 0.4) is 0 Å². The fourth-order valence-corrected chi connectivity index (χ4v) is 3.86. The largest absolute Gasteiger partial charge is 0.337 e. The summed E-state index contributed by atoms with van der Waals surface area (Å²) >= 11 is 1.30. The molecule has 1 aliphatic heterocycles. The normalized spacial score (nSPS) is 16.1. The molecular weight excluding hydrogens is 310 g/mol. The number of rotatable bonds is 3. The first-order chi connectivity index (χ1) is 11.3. The average Bonchev–Trinajstić information content (AvgIpc) is 3.17. The van der Waals surface area contributed by atoms with E-state index >= 15 is 0 Å². The Morgan fingerprint density at radius 2 is 2.00 bits per heavy atom. The number of aromatic nitrogens is 4. The first kappa shape index (κ1) is 14.3. The van der Waals surface area contributed by atoms with E-state index < -0.39 is 0 Å². The lowest BCUT2D eigenvalue weighted by Crippen LogP contribution is -2.38. The molecule has 2 aromatic heterocycles. The molecule has 23 heavy (non-hydrogen) atoms. The molecule has 0 aliphatic carbocycles. The molecule has 1 fully saturated rings. The van der Waals surface area contributed by atoms with E-state index in [0.29, 0.717) is 15.9 Å².